The fraction of sp³-hybridized carbons (Fsp3) is 0.261. The highest BCUT2D eigenvalue weighted by Gasteiger charge is 2.12. The molecule has 0 bridgehead atoms. The van der Waals surface area contributed by atoms with Gasteiger partial charge in [-0.1, -0.05) is 38.1 Å². The summed E-state index contributed by atoms with van der Waals surface area (Å²) in [6.07, 6.45) is 0. The Hall–Kier alpha value is -3.41. The number of hydrogen-bond donors (Lipinski definition) is 2. The van der Waals surface area contributed by atoms with E-state index in [2.05, 4.69) is 59.6 Å². The number of aryl methyl sites for hydroxylation is 2. The Balaban J connectivity index is 1.89. The molecule has 0 atom stereocenters. The number of methoxy groups -OCH3 is 1. The highest BCUT2D eigenvalue weighted by molar-refractivity contribution is 5.90. The molecule has 0 aliphatic carbocycles. The first kappa shape index (κ1) is 20.3. The minimum atomic E-state index is -0.379. The molecule has 150 valence electrons. The van der Waals surface area contributed by atoms with Gasteiger partial charge in [0.15, 0.2) is 0 Å². The third-order valence-corrected chi connectivity index (χ3v) is 4.57. The number of para-hydroxylation sites is 1. The van der Waals surface area contributed by atoms with E-state index in [9.17, 15) is 4.79 Å². The Bertz CT molecular complexity index is 1030. The number of nitrogens with one attached hydrogen (secondary N) is 2. The molecule has 0 fully saturated rings. The van der Waals surface area contributed by atoms with E-state index in [0.717, 1.165) is 22.6 Å². The lowest BCUT2D eigenvalue weighted by atomic mass is 9.98. The summed E-state index contributed by atoms with van der Waals surface area (Å²) in [7, 11) is 1.37. The smallest absolute Gasteiger partial charge is 0.337 e. The second-order valence-electron chi connectivity index (χ2n) is 7.23. The quantitative estimate of drug-likeness (QED) is 0.542. The SMILES string of the molecule is COC(=O)c1cccc(Nc2cc(C)nc(Nc3c(C)cccc3C(C)C)n2)c1. The van der Waals surface area contributed by atoms with Crippen molar-refractivity contribution in [3.8, 4) is 0 Å². The van der Waals surface area contributed by atoms with Crippen LogP contribution >= 0.6 is 0 Å². The molecule has 0 radical (unpaired) electrons. The van der Waals surface area contributed by atoms with Crippen molar-refractivity contribution >= 4 is 29.1 Å². The Morgan fingerprint density at radius 1 is 1.00 bits per heavy atom. The van der Waals surface area contributed by atoms with Crippen LogP contribution in [0.15, 0.2) is 48.5 Å². The molecule has 3 aromatic rings. The van der Waals surface area contributed by atoms with E-state index in [0.29, 0.717) is 23.2 Å². The van der Waals surface area contributed by atoms with Gasteiger partial charge in [0, 0.05) is 23.1 Å². The predicted molar refractivity (Wildman–Crippen MR) is 116 cm³/mol. The summed E-state index contributed by atoms with van der Waals surface area (Å²) in [5.74, 6) is 1.16. The first-order chi connectivity index (χ1) is 13.9. The lowest BCUT2D eigenvalue weighted by Gasteiger charge is -2.17. The first-order valence-corrected chi connectivity index (χ1v) is 9.55. The maximum Gasteiger partial charge on any atom is 0.337 e. The number of carbonyl (C=O) groups excluding carboxylic acids is 1. The number of hydrogen-bond acceptors (Lipinski definition) is 6. The monoisotopic (exact) mass is 390 g/mol. The van der Waals surface area contributed by atoms with E-state index in [1.165, 1.54) is 12.7 Å². The van der Waals surface area contributed by atoms with Crippen molar-refractivity contribution in [1.82, 2.24) is 9.97 Å². The molecule has 0 aliphatic heterocycles. The molecular formula is C23H26N4O2. The third kappa shape index (κ3) is 4.90. The van der Waals surface area contributed by atoms with Crippen molar-refractivity contribution in [1.29, 1.82) is 0 Å². The molecule has 29 heavy (non-hydrogen) atoms. The Morgan fingerprint density at radius 2 is 1.76 bits per heavy atom. The topological polar surface area (TPSA) is 76.1 Å². The summed E-state index contributed by atoms with van der Waals surface area (Å²) < 4.78 is 4.79. The molecule has 0 unspecified atom stereocenters. The van der Waals surface area contributed by atoms with Gasteiger partial charge in [0.05, 0.1) is 12.7 Å². The number of rotatable bonds is 6. The maximum absolute atomic E-state index is 11.8. The van der Waals surface area contributed by atoms with Crippen molar-refractivity contribution in [2.45, 2.75) is 33.6 Å². The number of benzene rings is 2. The number of nitrogens with zero attached hydrogens (tertiary/aromatic N) is 2. The fourth-order valence-electron chi connectivity index (χ4n) is 3.13. The first-order valence-electron chi connectivity index (χ1n) is 9.55. The van der Waals surface area contributed by atoms with Crippen LogP contribution in [-0.2, 0) is 4.74 Å². The predicted octanol–water partition coefficient (Wildman–Crippen LogP) is 5.49. The summed E-state index contributed by atoms with van der Waals surface area (Å²) in [6.45, 7) is 8.32. The van der Waals surface area contributed by atoms with Gasteiger partial charge in [0.1, 0.15) is 5.82 Å². The van der Waals surface area contributed by atoms with E-state index in [1.54, 1.807) is 18.2 Å². The normalized spacial score (nSPS) is 10.7. The van der Waals surface area contributed by atoms with Crippen LogP contribution < -0.4 is 10.6 Å². The van der Waals surface area contributed by atoms with Crippen LogP contribution in [0.3, 0.4) is 0 Å². The minimum Gasteiger partial charge on any atom is -0.465 e. The van der Waals surface area contributed by atoms with Crippen LogP contribution in [0.5, 0.6) is 0 Å². The Labute approximate surface area is 171 Å². The number of aromatic nitrogens is 2. The van der Waals surface area contributed by atoms with Gasteiger partial charge in [0.2, 0.25) is 5.95 Å². The van der Waals surface area contributed by atoms with Gasteiger partial charge < -0.3 is 15.4 Å². The molecule has 1 heterocycles. The highest BCUT2D eigenvalue weighted by atomic mass is 16.5. The zero-order valence-corrected chi connectivity index (χ0v) is 17.4. The zero-order valence-electron chi connectivity index (χ0n) is 17.4. The number of ether oxygens (including phenoxy) is 1. The standard InChI is InChI=1S/C23H26N4O2/c1-14(2)19-11-6-8-15(3)21(19)27-23-24-16(4)12-20(26-23)25-18-10-7-9-17(13-18)22(28)29-5/h6-14H,1-5H3,(H2,24,25,26,27). The van der Waals surface area contributed by atoms with Crippen molar-refractivity contribution < 1.29 is 9.53 Å². The van der Waals surface area contributed by atoms with Gasteiger partial charge in [-0.2, -0.15) is 4.98 Å². The molecule has 1 aromatic heterocycles. The molecular weight excluding hydrogens is 364 g/mol. The summed E-state index contributed by atoms with van der Waals surface area (Å²) >= 11 is 0. The highest BCUT2D eigenvalue weighted by Crippen LogP contribution is 2.30. The summed E-state index contributed by atoms with van der Waals surface area (Å²) in [5.41, 5.74) is 5.44. The van der Waals surface area contributed by atoms with Crippen molar-refractivity contribution in [2.24, 2.45) is 0 Å². The molecule has 0 saturated carbocycles. The van der Waals surface area contributed by atoms with E-state index >= 15 is 0 Å². The zero-order chi connectivity index (χ0) is 21.0. The molecule has 2 N–H and O–H groups in total. The molecule has 0 spiro atoms. The van der Waals surface area contributed by atoms with Crippen molar-refractivity contribution in [2.75, 3.05) is 17.7 Å². The fourth-order valence-corrected chi connectivity index (χ4v) is 3.13. The maximum atomic E-state index is 11.8. The molecule has 2 aromatic carbocycles. The van der Waals surface area contributed by atoms with Crippen LogP contribution in [0, 0.1) is 13.8 Å². The van der Waals surface area contributed by atoms with Gasteiger partial charge in [-0.05, 0) is 49.1 Å². The number of esters is 1. The Morgan fingerprint density at radius 3 is 2.48 bits per heavy atom. The van der Waals surface area contributed by atoms with Crippen LogP contribution in [0.4, 0.5) is 23.1 Å². The molecule has 0 saturated heterocycles. The third-order valence-electron chi connectivity index (χ3n) is 4.57. The summed E-state index contributed by atoms with van der Waals surface area (Å²) in [4.78, 5) is 20.9. The average Bonchev–Trinajstić information content (AvgIpc) is 2.68. The second-order valence-corrected chi connectivity index (χ2v) is 7.23. The molecule has 3 rings (SSSR count). The Kier molecular flexibility index (Phi) is 6.12. The number of anilines is 4. The molecule has 0 aliphatic rings. The van der Waals surface area contributed by atoms with Crippen LogP contribution in [0.2, 0.25) is 0 Å². The van der Waals surface area contributed by atoms with Crippen LogP contribution in [-0.4, -0.2) is 23.0 Å². The van der Waals surface area contributed by atoms with Gasteiger partial charge in [-0.15, -0.1) is 0 Å². The second kappa shape index (κ2) is 8.73. The summed E-state index contributed by atoms with van der Waals surface area (Å²) in [5, 5.41) is 6.63. The molecule has 6 nitrogen and oxygen atoms in total. The van der Waals surface area contributed by atoms with Crippen LogP contribution in [0.25, 0.3) is 0 Å². The van der Waals surface area contributed by atoms with E-state index < -0.39 is 0 Å². The van der Waals surface area contributed by atoms with E-state index in [4.69, 9.17) is 4.74 Å². The molecule has 6 heteroatoms. The van der Waals surface area contributed by atoms with Gasteiger partial charge in [-0.3, -0.25) is 0 Å². The average molecular weight is 390 g/mol. The van der Waals surface area contributed by atoms with Crippen molar-refractivity contribution in [3.05, 3.63) is 70.9 Å². The van der Waals surface area contributed by atoms with E-state index in [1.807, 2.05) is 19.1 Å². The lowest BCUT2D eigenvalue weighted by molar-refractivity contribution is 0.0601. The van der Waals surface area contributed by atoms with Gasteiger partial charge >= 0.3 is 5.97 Å². The van der Waals surface area contributed by atoms with Gasteiger partial charge in [-0.25, -0.2) is 9.78 Å². The minimum absolute atomic E-state index is 0.376. The number of carbonyl (C=O) groups is 1. The van der Waals surface area contributed by atoms with Crippen LogP contribution in [0.1, 0.15) is 46.9 Å². The van der Waals surface area contributed by atoms with Gasteiger partial charge in [0.25, 0.3) is 0 Å². The lowest BCUT2D eigenvalue weighted by Crippen LogP contribution is -2.06. The largest absolute Gasteiger partial charge is 0.465 e. The molecule has 0 amide bonds. The summed E-state index contributed by atoms with van der Waals surface area (Å²) in [6, 6.07) is 15.2. The van der Waals surface area contributed by atoms with Crippen molar-refractivity contribution in [3.63, 3.8) is 0 Å². The van der Waals surface area contributed by atoms with E-state index in [-0.39, 0.29) is 5.97 Å².